The molecule has 8 nitrogen and oxygen atoms in total. The number of likely N-dealkylation sites (tertiary alicyclic amines) is 1. The number of rotatable bonds is 4. The van der Waals surface area contributed by atoms with E-state index in [9.17, 15) is 19.2 Å². The number of carbonyl (C=O) groups is 4. The van der Waals surface area contributed by atoms with Gasteiger partial charge in [-0.05, 0) is 6.42 Å². The molecule has 2 saturated heterocycles. The molecule has 1 unspecified atom stereocenters. The maximum absolute atomic E-state index is 11.7. The van der Waals surface area contributed by atoms with Crippen molar-refractivity contribution < 1.29 is 33.4 Å². The first-order valence-electron chi connectivity index (χ1n) is 5.99. The second kappa shape index (κ2) is 5.72. The molecule has 2 heterocycles. The second-order valence-corrected chi connectivity index (χ2v) is 4.37. The number of cyclic esters (lactones) is 2. The van der Waals surface area contributed by atoms with E-state index in [1.807, 2.05) is 0 Å². The molecule has 0 aliphatic carbocycles. The molecule has 0 radical (unpaired) electrons. The van der Waals surface area contributed by atoms with Crippen molar-refractivity contribution in [2.75, 3.05) is 19.8 Å². The third kappa shape index (κ3) is 3.14. The highest BCUT2D eigenvalue weighted by Gasteiger charge is 2.32. The molecular weight excluding hydrogens is 270 g/mol. The van der Waals surface area contributed by atoms with Gasteiger partial charge in [-0.25, -0.2) is 4.79 Å². The summed E-state index contributed by atoms with van der Waals surface area (Å²) in [6.45, 7) is 2.89. The first kappa shape index (κ1) is 14.0. The van der Waals surface area contributed by atoms with E-state index in [2.05, 4.69) is 16.1 Å². The third-order valence-corrected chi connectivity index (χ3v) is 2.86. The Morgan fingerprint density at radius 2 is 2.10 bits per heavy atom. The molecule has 108 valence electrons. The van der Waals surface area contributed by atoms with Crippen molar-refractivity contribution in [1.82, 2.24) is 4.90 Å². The first-order chi connectivity index (χ1) is 9.47. The van der Waals surface area contributed by atoms with Gasteiger partial charge in [-0.2, -0.15) is 0 Å². The molecule has 0 aromatic carbocycles. The number of nitrogens with zero attached hydrogens (tertiary/aromatic N) is 1. The number of carbonyl (C=O) groups excluding carboxylic acids is 4. The van der Waals surface area contributed by atoms with Crippen molar-refractivity contribution in [3.63, 3.8) is 0 Å². The lowest BCUT2D eigenvalue weighted by Crippen LogP contribution is -2.44. The highest BCUT2D eigenvalue weighted by atomic mass is 16.8. The standard InChI is InChI=1S/C12H13NO7/c1-7-2-3-9(14)13(11(7)16)4-10(15)18-5-8-6-19-12(17)20-8/h8H,1-6H2. The Morgan fingerprint density at radius 3 is 2.75 bits per heavy atom. The Morgan fingerprint density at radius 1 is 1.35 bits per heavy atom. The summed E-state index contributed by atoms with van der Waals surface area (Å²) in [4.78, 5) is 46.3. The summed E-state index contributed by atoms with van der Waals surface area (Å²) in [6.07, 6.45) is -1.03. The van der Waals surface area contributed by atoms with Crippen molar-refractivity contribution in [2.45, 2.75) is 18.9 Å². The molecule has 1 atom stereocenters. The summed E-state index contributed by atoms with van der Waals surface area (Å²) in [7, 11) is 0. The predicted molar refractivity (Wildman–Crippen MR) is 62.3 cm³/mol. The van der Waals surface area contributed by atoms with Crippen LogP contribution in [0.3, 0.4) is 0 Å². The van der Waals surface area contributed by atoms with Crippen LogP contribution in [0.4, 0.5) is 4.79 Å². The minimum atomic E-state index is -0.816. The zero-order chi connectivity index (χ0) is 14.7. The third-order valence-electron chi connectivity index (χ3n) is 2.86. The summed E-state index contributed by atoms with van der Waals surface area (Å²) in [5.41, 5.74) is 0.288. The minimum absolute atomic E-state index is 0.00446. The molecule has 2 fully saturated rings. The predicted octanol–water partition coefficient (Wildman–Crippen LogP) is -0.230. The van der Waals surface area contributed by atoms with Gasteiger partial charge in [-0.1, -0.05) is 6.58 Å². The van der Waals surface area contributed by atoms with Crippen LogP contribution in [0.2, 0.25) is 0 Å². The van der Waals surface area contributed by atoms with E-state index >= 15 is 0 Å². The lowest BCUT2D eigenvalue weighted by Gasteiger charge is -2.25. The van der Waals surface area contributed by atoms with Crippen LogP contribution < -0.4 is 0 Å². The Kier molecular flexibility index (Phi) is 4.02. The lowest BCUT2D eigenvalue weighted by molar-refractivity contribution is -0.156. The zero-order valence-corrected chi connectivity index (χ0v) is 10.6. The SMILES string of the molecule is C=C1CCC(=O)N(CC(=O)OCC2COC(=O)O2)C1=O. The van der Waals surface area contributed by atoms with Gasteiger partial charge in [0.1, 0.15) is 19.8 Å². The molecule has 0 aromatic heterocycles. The van der Waals surface area contributed by atoms with Crippen LogP contribution in [0.1, 0.15) is 12.8 Å². The second-order valence-electron chi connectivity index (χ2n) is 4.37. The van der Waals surface area contributed by atoms with E-state index in [4.69, 9.17) is 4.74 Å². The minimum Gasteiger partial charge on any atom is -0.460 e. The summed E-state index contributed by atoms with van der Waals surface area (Å²) < 4.78 is 14.0. The highest BCUT2D eigenvalue weighted by Crippen LogP contribution is 2.16. The Hall–Kier alpha value is -2.38. The van der Waals surface area contributed by atoms with Crippen LogP contribution in [-0.4, -0.2) is 54.7 Å². The number of imide groups is 1. The molecular formula is C12H13NO7. The van der Waals surface area contributed by atoms with Crippen molar-refractivity contribution >= 4 is 23.9 Å². The van der Waals surface area contributed by atoms with Gasteiger partial charge in [-0.15, -0.1) is 0 Å². The van der Waals surface area contributed by atoms with Gasteiger partial charge in [-0.3, -0.25) is 19.3 Å². The number of amides is 2. The molecule has 0 bridgehead atoms. The summed E-state index contributed by atoms with van der Waals surface area (Å²) in [6, 6.07) is 0. The molecule has 2 amide bonds. The highest BCUT2D eigenvalue weighted by molar-refractivity contribution is 6.08. The average Bonchev–Trinajstić information content (AvgIpc) is 2.83. The number of hydrogen-bond acceptors (Lipinski definition) is 7. The number of ether oxygens (including phenoxy) is 3. The molecule has 8 heteroatoms. The molecule has 20 heavy (non-hydrogen) atoms. The molecule has 2 aliphatic rings. The van der Waals surface area contributed by atoms with Gasteiger partial charge in [0.15, 0.2) is 6.10 Å². The molecule has 2 aliphatic heterocycles. The summed E-state index contributed by atoms with van der Waals surface area (Å²) >= 11 is 0. The smallest absolute Gasteiger partial charge is 0.460 e. The van der Waals surface area contributed by atoms with Crippen molar-refractivity contribution in [2.24, 2.45) is 0 Å². The van der Waals surface area contributed by atoms with Gasteiger partial charge in [0.25, 0.3) is 5.91 Å². The molecule has 0 N–H and O–H groups in total. The number of esters is 1. The van der Waals surface area contributed by atoms with Crippen LogP contribution in [-0.2, 0) is 28.6 Å². The summed E-state index contributed by atoms with van der Waals surface area (Å²) in [5, 5.41) is 0. The van der Waals surface area contributed by atoms with Crippen LogP contribution in [0.25, 0.3) is 0 Å². The van der Waals surface area contributed by atoms with Crippen molar-refractivity contribution in [3.8, 4) is 0 Å². The van der Waals surface area contributed by atoms with E-state index in [-0.39, 0.29) is 25.2 Å². The van der Waals surface area contributed by atoms with Gasteiger partial charge in [0.05, 0.1) is 0 Å². The van der Waals surface area contributed by atoms with Crippen LogP contribution >= 0.6 is 0 Å². The normalized spacial score (nSPS) is 22.6. The molecule has 2 rings (SSSR count). The van der Waals surface area contributed by atoms with E-state index in [1.54, 1.807) is 0 Å². The lowest BCUT2D eigenvalue weighted by atomic mass is 10.1. The van der Waals surface area contributed by atoms with Crippen molar-refractivity contribution in [1.29, 1.82) is 0 Å². The number of piperidine rings is 1. The van der Waals surface area contributed by atoms with E-state index in [0.29, 0.717) is 6.42 Å². The van der Waals surface area contributed by atoms with Crippen LogP contribution in [0, 0.1) is 0 Å². The van der Waals surface area contributed by atoms with Gasteiger partial charge in [0, 0.05) is 12.0 Å². The monoisotopic (exact) mass is 283 g/mol. The Labute approximate surface area is 114 Å². The maximum atomic E-state index is 11.7. The van der Waals surface area contributed by atoms with Gasteiger partial charge < -0.3 is 14.2 Å². The maximum Gasteiger partial charge on any atom is 0.508 e. The largest absolute Gasteiger partial charge is 0.508 e. The molecule has 0 aromatic rings. The average molecular weight is 283 g/mol. The fraction of sp³-hybridized carbons (Fsp3) is 0.500. The van der Waals surface area contributed by atoms with Gasteiger partial charge >= 0.3 is 12.1 Å². The topological polar surface area (TPSA) is 99.2 Å². The van der Waals surface area contributed by atoms with Crippen LogP contribution in [0.5, 0.6) is 0 Å². The zero-order valence-electron chi connectivity index (χ0n) is 10.6. The number of hydrogen-bond donors (Lipinski definition) is 0. The molecule has 0 saturated carbocycles. The Bertz CT molecular complexity index is 484. The summed E-state index contributed by atoms with van der Waals surface area (Å²) in [5.74, 6) is -1.76. The fourth-order valence-corrected chi connectivity index (χ4v) is 1.77. The first-order valence-corrected chi connectivity index (χ1v) is 5.99. The van der Waals surface area contributed by atoms with E-state index < -0.39 is 36.6 Å². The van der Waals surface area contributed by atoms with Crippen LogP contribution in [0.15, 0.2) is 12.2 Å². The van der Waals surface area contributed by atoms with Crippen molar-refractivity contribution in [3.05, 3.63) is 12.2 Å². The molecule has 0 spiro atoms. The quantitative estimate of drug-likeness (QED) is 0.399. The van der Waals surface area contributed by atoms with E-state index in [1.165, 1.54) is 0 Å². The van der Waals surface area contributed by atoms with E-state index in [0.717, 1.165) is 4.90 Å². The fourth-order valence-electron chi connectivity index (χ4n) is 1.77. The van der Waals surface area contributed by atoms with Gasteiger partial charge in [0.2, 0.25) is 5.91 Å². The Balaban J connectivity index is 1.81.